The molecule has 0 saturated heterocycles. The van der Waals surface area contributed by atoms with Crippen molar-refractivity contribution in [3.8, 4) is 5.75 Å². The second-order valence-electron chi connectivity index (χ2n) is 10.9. The van der Waals surface area contributed by atoms with Crippen molar-refractivity contribution in [3.05, 3.63) is 40.3 Å². The Morgan fingerprint density at radius 2 is 1.84 bits per heavy atom. The Bertz CT molecular complexity index is 1280. The summed E-state index contributed by atoms with van der Waals surface area (Å²) in [4.78, 5) is 0.293. The van der Waals surface area contributed by atoms with Crippen molar-refractivity contribution in [2.75, 3.05) is 12.4 Å². The number of aromatic nitrogens is 4. The van der Waals surface area contributed by atoms with Crippen LogP contribution in [0.5, 0.6) is 5.75 Å². The van der Waals surface area contributed by atoms with Crippen LogP contribution in [0.4, 0.5) is 0 Å². The fraction of sp³-hybridized carbons (Fsp3) is 0.643. The van der Waals surface area contributed by atoms with E-state index in [2.05, 4.69) is 43.0 Å². The molecule has 0 aliphatic rings. The lowest BCUT2D eigenvalue weighted by Gasteiger charge is -2.26. The van der Waals surface area contributed by atoms with Crippen molar-refractivity contribution in [1.82, 2.24) is 19.8 Å². The highest BCUT2D eigenvalue weighted by Gasteiger charge is 2.26. The molecule has 37 heavy (non-hydrogen) atoms. The van der Waals surface area contributed by atoms with Crippen LogP contribution in [0.1, 0.15) is 109 Å². The number of nitrogens with zero attached hydrogens (tertiary/aromatic N) is 3. The van der Waals surface area contributed by atoms with Gasteiger partial charge in [-0.2, -0.15) is 14.7 Å². The van der Waals surface area contributed by atoms with Crippen molar-refractivity contribution >= 4 is 27.1 Å². The summed E-state index contributed by atoms with van der Waals surface area (Å²) in [5, 5.41) is 12.4. The Kier molecular flexibility index (Phi) is 10.1. The second-order valence-corrected chi connectivity index (χ2v) is 13.3. The smallest absolute Gasteiger partial charge is 0.182 e. The third-order valence-corrected chi connectivity index (χ3v) is 9.16. The Labute approximate surface area is 227 Å². The van der Waals surface area contributed by atoms with Gasteiger partial charge in [-0.1, -0.05) is 84.9 Å². The Hall–Kier alpha value is -2.06. The van der Waals surface area contributed by atoms with Crippen LogP contribution in [0.3, 0.4) is 0 Å². The largest absolute Gasteiger partial charge is 0.492 e. The number of fused-ring (bicyclic) bond motifs is 1. The summed E-state index contributed by atoms with van der Waals surface area (Å²) in [6.07, 6.45) is 7.20. The lowest BCUT2D eigenvalue weighted by Crippen LogP contribution is -2.19. The van der Waals surface area contributed by atoms with Gasteiger partial charge in [0.2, 0.25) is 0 Å². The monoisotopic (exact) mass is 550 g/mol. The van der Waals surface area contributed by atoms with Crippen LogP contribution in [0.2, 0.25) is 5.02 Å². The Balaban J connectivity index is 1.82. The number of hydrogen-bond acceptors (Lipinski definition) is 5. The molecule has 0 aliphatic carbocycles. The highest BCUT2D eigenvalue weighted by Crippen LogP contribution is 2.35. The van der Waals surface area contributed by atoms with E-state index in [1.807, 2.05) is 32.0 Å². The van der Waals surface area contributed by atoms with E-state index in [1.54, 1.807) is 4.52 Å². The Morgan fingerprint density at radius 1 is 1.11 bits per heavy atom. The fourth-order valence-electron chi connectivity index (χ4n) is 4.50. The van der Waals surface area contributed by atoms with Crippen molar-refractivity contribution in [2.24, 2.45) is 0 Å². The quantitative estimate of drug-likeness (QED) is 0.201. The maximum atomic E-state index is 13.6. The molecule has 0 spiro atoms. The molecule has 0 amide bonds. The van der Waals surface area contributed by atoms with Crippen LogP contribution < -0.4 is 4.74 Å². The molecule has 1 N–H and O–H groups in total. The van der Waals surface area contributed by atoms with Crippen molar-refractivity contribution in [1.29, 1.82) is 0 Å². The molecule has 0 fully saturated rings. The number of H-pyrrole nitrogens is 1. The average molecular weight is 551 g/mol. The molecule has 9 heteroatoms. The number of rotatable bonds is 15. The van der Waals surface area contributed by atoms with E-state index in [-0.39, 0.29) is 17.1 Å². The van der Waals surface area contributed by atoms with Gasteiger partial charge in [-0.15, -0.1) is 0 Å². The summed E-state index contributed by atoms with van der Waals surface area (Å²) in [5.41, 5.74) is 2.37. The maximum Gasteiger partial charge on any atom is 0.182 e. The molecule has 3 aromatic rings. The number of unbranched alkanes of at least 4 members (excludes halogenated alkanes) is 3. The molecule has 0 unspecified atom stereocenters. The first-order valence-corrected chi connectivity index (χ1v) is 15.7. The molecule has 2 aromatic heterocycles. The minimum absolute atomic E-state index is 0.00273. The number of nitrogens with one attached hydrogen (secondary N) is 1. The summed E-state index contributed by atoms with van der Waals surface area (Å²) in [6.45, 7) is 13.2. The number of hydrogen-bond donors (Lipinski definition) is 1. The molecule has 2 heterocycles. The number of sulfone groups is 1. The van der Waals surface area contributed by atoms with E-state index >= 15 is 0 Å². The topological polar surface area (TPSA) is 89.4 Å². The van der Waals surface area contributed by atoms with Crippen LogP contribution >= 0.6 is 11.6 Å². The number of halogens is 1. The van der Waals surface area contributed by atoms with Gasteiger partial charge in [-0.3, -0.25) is 5.10 Å². The van der Waals surface area contributed by atoms with Gasteiger partial charge >= 0.3 is 0 Å². The Morgan fingerprint density at radius 3 is 2.51 bits per heavy atom. The minimum atomic E-state index is -3.58. The van der Waals surface area contributed by atoms with Gasteiger partial charge in [0, 0.05) is 6.42 Å². The van der Waals surface area contributed by atoms with Crippen molar-refractivity contribution in [2.45, 2.75) is 109 Å². The van der Waals surface area contributed by atoms with E-state index in [9.17, 15) is 8.42 Å². The first kappa shape index (κ1) is 29.5. The molecule has 7 nitrogen and oxygen atoms in total. The molecule has 1 aromatic carbocycles. The number of ether oxygens (including phenoxy) is 1. The summed E-state index contributed by atoms with van der Waals surface area (Å²) in [7, 11) is -3.58. The highest BCUT2D eigenvalue weighted by atomic mass is 35.5. The van der Waals surface area contributed by atoms with E-state index in [0.717, 1.165) is 43.4 Å². The van der Waals surface area contributed by atoms with Crippen molar-refractivity contribution < 1.29 is 13.2 Å². The lowest BCUT2D eigenvalue weighted by atomic mass is 9.80. The molecule has 3 rings (SSSR count). The first-order chi connectivity index (χ1) is 17.5. The molecular formula is C28H43ClN4O3S. The van der Waals surface area contributed by atoms with Gasteiger partial charge in [-0.05, 0) is 48.3 Å². The number of aryl methyl sites for hydroxylation is 1. The van der Waals surface area contributed by atoms with E-state index in [0.29, 0.717) is 46.6 Å². The standard InChI is InChI=1S/C28H43ClN4O3S/c1-7-9-11-16-28(5,6)21-14-15-22(36-17-10-8-2)23(19-21)37(34,35)18-12-13-24-30-31-27-25(29)26(20(3)4)32-33(24)27/h14-15,19-20,31H,7-13,16-18H2,1-6H3. The van der Waals surface area contributed by atoms with E-state index < -0.39 is 9.84 Å². The van der Waals surface area contributed by atoms with Gasteiger partial charge in [0.25, 0.3) is 0 Å². The van der Waals surface area contributed by atoms with E-state index in [4.69, 9.17) is 16.3 Å². The molecule has 0 radical (unpaired) electrons. The normalized spacial score (nSPS) is 12.6. The number of aromatic amines is 1. The molecule has 0 saturated carbocycles. The minimum Gasteiger partial charge on any atom is -0.492 e. The predicted molar refractivity (Wildman–Crippen MR) is 151 cm³/mol. The predicted octanol–water partition coefficient (Wildman–Crippen LogP) is 7.28. The lowest BCUT2D eigenvalue weighted by molar-refractivity contribution is 0.301. The zero-order chi connectivity index (χ0) is 27.2. The van der Waals surface area contributed by atoms with Crippen LogP contribution in [0, 0.1) is 0 Å². The molecular weight excluding hydrogens is 508 g/mol. The third-order valence-electron chi connectivity index (χ3n) is 6.97. The van der Waals surface area contributed by atoms with Crippen molar-refractivity contribution in [3.63, 3.8) is 0 Å². The molecule has 206 valence electrons. The first-order valence-electron chi connectivity index (χ1n) is 13.6. The van der Waals surface area contributed by atoms with Gasteiger partial charge in [0.05, 0.1) is 18.1 Å². The summed E-state index contributed by atoms with van der Waals surface area (Å²) in [5.74, 6) is 1.30. The highest BCUT2D eigenvalue weighted by molar-refractivity contribution is 7.91. The zero-order valence-electron chi connectivity index (χ0n) is 23.2. The maximum absolute atomic E-state index is 13.6. The fourth-order valence-corrected chi connectivity index (χ4v) is 6.37. The SMILES string of the molecule is CCCCCC(C)(C)c1ccc(OCCCC)c(S(=O)(=O)CCCc2n[nH]c3c(Cl)c(C(C)C)nn23)c1. The van der Waals surface area contributed by atoms with Crippen LogP contribution in [0.15, 0.2) is 23.1 Å². The third kappa shape index (κ3) is 7.08. The van der Waals surface area contributed by atoms with Gasteiger partial charge in [-0.25, -0.2) is 8.42 Å². The molecule has 0 bridgehead atoms. The molecule has 0 atom stereocenters. The van der Waals surface area contributed by atoms with Crippen LogP contribution in [0.25, 0.3) is 5.65 Å². The van der Waals surface area contributed by atoms with Gasteiger partial charge in [0.1, 0.15) is 15.7 Å². The number of benzene rings is 1. The summed E-state index contributed by atoms with van der Waals surface area (Å²) < 4.78 is 34.9. The van der Waals surface area contributed by atoms with Gasteiger partial charge in [0.15, 0.2) is 21.3 Å². The second kappa shape index (κ2) is 12.7. The van der Waals surface area contributed by atoms with Crippen LogP contribution in [-0.4, -0.2) is 40.6 Å². The van der Waals surface area contributed by atoms with Gasteiger partial charge < -0.3 is 4.74 Å². The summed E-state index contributed by atoms with van der Waals surface area (Å²) >= 11 is 6.45. The van der Waals surface area contributed by atoms with E-state index in [1.165, 1.54) is 6.42 Å². The zero-order valence-corrected chi connectivity index (χ0v) is 24.8. The molecule has 0 aliphatic heterocycles. The summed E-state index contributed by atoms with van der Waals surface area (Å²) in [6, 6.07) is 5.72. The average Bonchev–Trinajstić information content (AvgIpc) is 3.39. The van der Waals surface area contributed by atoms with Crippen LogP contribution in [-0.2, 0) is 21.7 Å².